The van der Waals surface area contributed by atoms with Crippen molar-refractivity contribution >= 4 is 45.9 Å². The summed E-state index contributed by atoms with van der Waals surface area (Å²) in [6.45, 7) is 10.1. The molecule has 1 aliphatic rings. The number of carbonyl (C=O) groups is 1. The number of amides is 1. The minimum Gasteiger partial charge on any atom is -0.347 e. The molecule has 0 bridgehead atoms. The molecule has 0 unspecified atom stereocenters. The molecule has 0 atom stereocenters. The number of nitrogens with one attached hydrogen (secondary N) is 1. The molecule has 164 valence electrons. The molecule has 10 heteroatoms. The van der Waals surface area contributed by atoms with Crippen molar-refractivity contribution < 1.29 is 13.2 Å². The second kappa shape index (κ2) is 9.17. The number of halogens is 1. The normalized spacial score (nSPS) is 17.8. The molecule has 1 amide bonds. The third-order valence-corrected chi connectivity index (χ3v) is 6.63. The van der Waals surface area contributed by atoms with Crippen LogP contribution < -0.4 is 10.5 Å². The number of guanidine groups is 1. The first kappa shape index (κ1) is 25.6. The van der Waals surface area contributed by atoms with Gasteiger partial charge in [0.1, 0.15) is 0 Å². The van der Waals surface area contributed by atoms with Gasteiger partial charge in [-0.2, -0.15) is 0 Å². The maximum absolute atomic E-state index is 12.0. The van der Waals surface area contributed by atoms with E-state index in [1.807, 2.05) is 0 Å². The molecule has 1 aliphatic heterocycles. The number of carbonyl (C=O) groups excluding carboxylic acids is 1. The first-order valence-electron chi connectivity index (χ1n) is 9.13. The van der Waals surface area contributed by atoms with E-state index in [-0.39, 0.29) is 52.3 Å². The van der Waals surface area contributed by atoms with Gasteiger partial charge in [-0.05, 0) is 31.5 Å². The van der Waals surface area contributed by atoms with E-state index in [1.54, 1.807) is 26.2 Å². The van der Waals surface area contributed by atoms with Crippen LogP contribution >= 0.6 is 24.0 Å². The lowest BCUT2D eigenvalue weighted by molar-refractivity contribution is -0.127. The number of primary sulfonamides is 1. The largest absolute Gasteiger partial charge is 0.347 e. The summed E-state index contributed by atoms with van der Waals surface area (Å²) in [5.74, 6) is 0.623. The zero-order valence-corrected chi connectivity index (χ0v) is 21.0. The molecule has 0 spiro atoms. The highest BCUT2D eigenvalue weighted by atomic mass is 127. The van der Waals surface area contributed by atoms with Crippen molar-refractivity contribution in [3.8, 4) is 0 Å². The summed E-state index contributed by atoms with van der Waals surface area (Å²) in [6, 6.07) is 6.33. The molecule has 1 fully saturated rings. The van der Waals surface area contributed by atoms with Gasteiger partial charge in [-0.25, -0.2) is 18.5 Å². The molecular formula is C19H32IN5O3S. The Morgan fingerprint density at radius 2 is 1.76 bits per heavy atom. The van der Waals surface area contributed by atoms with Gasteiger partial charge >= 0.3 is 0 Å². The van der Waals surface area contributed by atoms with Gasteiger partial charge in [-0.1, -0.05) is 26.0 Å². The third kappa shape index (κ3) is 5.82. The van der Waals surface area contributed by atoms with Crippen LogP contribution in [0.3, 0.4) is 0 Å². The van der Waals surface area contributed by atoms with E-state index in [0.29, 0.717) is 12.5 Å². The third-order valence-electron chi connectivity index (χ3n) is 5.70. The maximum Gasteiger partial charge on any atom is 0.241 e. The number of benzene rings is 1. The molecule has 1 aromatic carbocycles. The number of likely N-dealkylation sites (tertiary alicyclic amines) is 1. The molecule has 29 heavy (non-hydrogen) atoms. The van der Waals surface area contributed by atoms with E-state index in [0.717, 1.165) is 12.1 Å². The molecule has 0 aliphatic carbocycles. The average Bonchev–Trinajstić information content (AvgIpc) is 2.59. The van der Waals surface area contributed by atoms with Crippen LogP contribution in [0.2, 0.25) is 0 Å². The fourth-order valence-electron chi connectivity index (χ4n) is 2.90. The molecule has 0 aromatic heterocycles. The lowest BCUT2D eigenvalue weighted by Gasteiger charge is -2.62. The van der Waals surface area contributed by atoms with Gasteiger partial charge < -0.3 is 15.1 Å². The van der Waals surface area contributed by atoms with Crippen molar-refractivity contribution in [3.63, 3.8) is 0 Å². The highest BCUT2D eigenvalue weighted by molar-refractivity contribution is 14.0. The summed E-state index contributed by atoms with van der Waals surface area (Å²) in [6.07, 6.45) is 0. The summed E-state index contributed by atoms with van der Waals surface area (Å²) >= 11 is 0. The summed E-state index contributed by atoms with van der Waals surface area (Å²) in [4.78, 5) is 20.4. The highest BCUT2D eigenvalue weighted by Crippen LogP contribution is 2.46. The molecule has 1 heterocycles. The minimum atomic E-state index is -3.71. The van der Waals surface area contributed by atoms with E-state index in [4.69, 9.17) is 5.14 Å². The van der Waals surface area contributed by atoms with Gasteiger partial charge in [0.2, 0.25) is 15.9 Å². The van der Waals surface area contributed by atoms with E-state index >= 15 is 0 Å². The summed E-state index contributed by atoms with van der Waals surface area (Å²) in [5.41, 5.74) is 0.860. The molecule has 1 saturated heterocycles. The van der Waals surface area contributed by atoms with Crippen LogP contribution in [0, 0.1) is 5.41 Å². The zero-order chi connectivity index (χ0) is 21.3. The van der Waals surface area contributed by atoms with Crippen LogP contribution in [0.25, 0.3) is 0 Å². The number of nitrogens with two attached hydrogens (primary N) is 1. The van der Waals surface area contributed by atoms with Crippen molar-refractivity contribution in [1.82, 2.24) is 15.1 Å². The number of hydrogen-bond acceptors (Lipinski definition) is 4. The number of sulfonamides is 1. The quantitative estimate of drug-likeness (QED) is 0.337. The minimum absolute atomic E-state index is 0. The smallest absolute Gasteiger partial charge is 0.241 e. The number of aliphatic imine (C=N–C) groups is 1. The van der Waals surface area contributed by atoms with Crippen LogP contribution in [-0.4, -0.2) is 62.8 Å². The van der Waals surface area contributed by atoms with E-state index < -0.39 is 10.0 Å². The standard InChI is InChI=1S/C19H31N5O3S.HI/c1-18(2)13-24(19(18,3)4)17(22-12-16(25)23(5)6)21-11-14-7-9-15(10-8-14)28(20,26)27;/h7-10H,11-13H2,1-6H3,(H,21,22)(H2,20,26,27);1H. The van der Waals surface area contributed by atoms with Gasteiger partial charge in [0, 0.05) is 31.6 Å². The van der Waals surface area contributed by atoms with Crippen LogP contribution in [0.1, 0.15) is 33.3 Å². The van der Waals surface area contributed by atoms with Crippen molar-refractivity contribution in [1.29, 1.82) is 0 Å². The van der Waals surface area contributed by atoms with Crippen LogP contribution in [-0.2, 0) is 21.4 Å². The molecule has 1 aromatic rings. The Kier molecular flexibility index (Phi) is 8.11. The lowest BCUT2D eigenvalue weighted by atomic mass is 9.65. The van der Waals surface area contributed by atoms with E-state index in [1.165, 1.54) is 17.0 Å². The fraction of sp³-hybridized carbons (Fsp3) is 0.579. The molecule has 3 N–H and O–H groups in total. The Bertz CT molecular complexity index is 864. The first-order valence-corrected chi connectivity index (χ1v) is 10.7. The lowest BCUT2D eigenvalue weighted by Crippen LogP contribution is -2.72. The van der Waals surface area contributed by atoms with Crippen LogP contribution in [0.5, 0.6) is 0 Å². The Labute approximate surface area is 191 Å². The molecule has 0 radical (unpaired) electrons. The average molecular weight is 537 g/mol. The number of nitrogens with zero attached hydrogens (tertiary/aromatic N) is 3. The summed E-state index contributed by atoms with van der Waals surface area (Å²) < 4.78 is 22.8. The number of likely N-dealkylation sites (N-methyl/N-ethyl adjacent to an activating group) is 1. The Morgan fingerprint density at radius 1 is 1.21 bits per heavy atom. The Morgan fingerprint density at radius 3 is 2.17 bits per heavy atom. The first-order chi connectivity index (χ1) is 12.8. The summed E-state index contributed by atoms with van der Waals surface area (Å²) in [5, 5.41) is 8.30. The monoisotopic (exact) mass is 537 g/mol. The maximum atomic E-state index is 12.0. The van der Waals surface area contributed by atoms with Gasteiger partial charge in [0.15, 0.2) is 5.96 Å². The molecule has 2 rings (SSSR count). The van der Waals surface area contributed by atoms with Crippen molar-refractivity contribution in [2.24, 2.45) is 15.5 Å². The Balaban J connectivity index is 0.00000420. The van der Waals surface area contributed by atoms with Crippen LogP contribution in [0.4, 0.5) is 0 Å². The molecular weight excluding hydrogens is 505 g/mol. The van der Waals surface area contributed by atoms with E-state index in [2.05, 4.69) is 42.9 Å². The molecule has 8 nitrogen and oxygen atoms in total. The topological polar surface area (TPSA) is 108 Å². The van der Waals surface area contributed by atoms with Gasteiger partial charge in [0.05, 0.1) is 18.0 Å². The van der Waals surface area contributed by atoms with Crippen molar-refractivity contribution in [3.05, 3.63) is 29.8 Å². The highest BCUT2D eigenvalue weighted by Gasteiger charge is 2.53. The van der Waals surface area contributed by atoms with Crippen molar-refractivity contribution in [2.45, 2.75) is 44.7 Å². The predicted octanol–water partition coefficient (Wildman–Crippen LogP) is 1.61. The van der Waals surface area contributed by atoms with Crippen molar-refractivity contribution in [2.75, 3.05) is 27.2 Å². The van der Waals surface area contributed by atoms with E-state index in [9.17, 15) is 13.2 Å². The fourth-order valence-corrected chi connectivity index (χ4v) is 3.42. The number of hydrogen-bond donors (Lipinski definition) is 2. The zero-order valence-electron chi connectivity index (χ0n) is 17.9. The molecule has 0 saturated carbocycles. The van der Waals surface area contributed by atoms with Gasteiger partial charge in [-0.15, -0.1) is 24.0 Å². The number of rotatable bonds is 5. The SMILES string of the molecule is CN(C)C(=O)CNC(=NCc1ccc(S(N)(=O)=O)cc1)N1CC(C)(C)C1(C)C.I. The van der Waals surface area contributed by atoms with Gasteiger partial charge in [-0.3, -0.25) is 4.79 Å². The second-order valence-electron chi connectivity index (χ2n) is 8.50. The van der Waals surface area contributed by atoms with Crippen LogP contribution in [0.15, 0.2) is 34.2 Å². The Hall–Kier alpha value is -1.40. The summed E-state index contributed by atoms with van der Waals surface area (Å²) in [7, 11) is -0.287. The predicted molar refractivity (Wildman–Crippen MR) is 126 cm³/mol. The second-order valence-corrected chi connectivity index (χ2v) is 10.1. The van der Waals surface area contributed by atoms with Gasteiger partial charge in [0.25, 0.3) is 0 Å².